The van der Waals surface area contributed by atoms with E-state index in [4.69, 9.17) is 0 Å². The molecule has 0 bridgehead atoms. The normalized spacial score (nSPS) is 11.4. The molecule has 0 atom stereocenters. The van der Waals surface area contributed by atoms with Crippen molar-refractivity contribution in [2.45, 2.75) is 25.9 Å². The minimum Gasteiger partial charge on any atom is -0.481 e. The number of carboxylic acids is 1. The molecule has 0 saturated carbocycles. The smallest absolute Gasteiger partial charge is 0.303 e. The summed E-state index contributed by atoms with van der Waals surface area (Å²) in [6.07, 6.45) is 0.553. The van der Waals surface area contributed by atoms with Crippen LogP contribution in [0.4, 0.5) is 0 Å². The number of hydrogen-bond acceptors (Lipinski definition) is 1. The molecule has 36 heavy (non-hydrogen) atoms. The van der Waals surface area contributed by atoms with Crippen molar-refractivity contribution in [2.75, 3.05) is 0 Å². The van der Waals surface area contributed by atoms with Crippen LogP contribution in [0.2, 0.25) is 0 Å². The fourth-order valence-corrected chi connectivity index (χ4v) is 5.23. The molecule has 0 amide bonds. The van der Waals surface area contributed by atoms with Gasteiger partial charge >= 0.3 is 5.97 Å². The first kappa shape index (κ1) is 22.1. The molecule has 0 aliphatic rings. The zero-order valence-corrected chi connectivity index (χ0v) is 20.0. The Morgan fingerprint density at radius 3 is 1.97 bits per heavy atom. The summed E-state index contributed by atoms with van der Waals surface area (Å²) in [5.74, 6) is 0.245. The fraction of sp³-hybridized carbons (Fsp3) is 0.125. The Hall–Kier alpha value is -4.44. The van der Waals surface area contributed by atoms with Crippen molar-refractivity contribution in [3.8, 4) is 0 Å². The second-order valence-electron chi connectivity index (χ2n) is 9.33. The number of fused-ring (bicyclic) bond motifs is 3. The molecule has 0 aliphatic carbocycles. The third-order valence-corrected chi connectivity index (χ3v) is 6.96. The average Bonchev–Trinajstić information content (AvgIpc) is 3.19. The van der Waals surface area contributed by atoms with Crippen molar-refractivity contribution in [1.82, 2.24) is 4.57 Å². The van der Waals surface area contributed by atoms with Crippen molar-refractivity contribution in [1.29, 1.82) is 0 Å². The molecule has 5 aromatic carbocycles. The van der Waals surface area contributed by atoms with E-state index in [1.807, 2.05) is 0 Å². The Morgan fingerprint density at radius 2 is 1.28 bits per heavy atom. The summed E-state index contributed by atoms with van der Waals surface area (Å²) in [6.45, 7) is 1.37. The number of aromatic nitrogens is 2. The van der Waals surface area contributed by atoms with Crippen LogP contribution in [-0.2, 0) is 24.3 Å². The maximum absolute atomic E-state index is 11.6. The van der Waals surface area contributed by atoms with E-state index in [1.54, 1.807) is 0 Å². The van der Waals surface area contributed by atoms with Gasteiger partial charge in [-0.15, -0.1) is 0 Å². The fourth-order valence-electron chi connectivity index (χ4n) is 5.23. The summed E-state index contributed by atoms with van der Waals surface area (Å²) in [4.78, 5) is 11.6. The standard InChI is InChI=1S/C32H26N2O2/c35-32(36)18-17-31-33(21-23-13-15-25-7-1-3-9-27(25)19-23)29-11-5-6-12-30(29)34(31)22-24-14-16-26-8-2-4-10-28(26)20-24/h1-16,19-20H,17-18,21-22H2/p+1. The molecule has 0 saturated heterocycles. The third-order valence-electron chi connectivity index (χ3n) is 6.96. The first-order valence-electron chi connectivity index (χ1n) is 12.3. The number of aliphatic carboxylic acids is 1. The minimum atomic E-state index is -0.783. The lowest BCUT2D eigenvalue weighted by atomic mass is 10.1. The van der Waals surface area contributed by atoms with E-state index in [0.29, 0.717) is 19.5 Å². The van der Waals surface area contributed by atoms with Crippen LogP contribution in [0.25, 0.3) is 32.6 Å². The van der Waals surface area contributed by atoms with E-state index in [-0.39, 0.29) is 6.42 Å². The summed E-state index contributed by atoms with van der Waals surface area (Å²) in [5, 5.41) is 14.4. The van der Waals surface area contributed by atoms with Crippen LogP contribution in [0.5, 0.6) is 0 Å². The zero-order chi connectivity index (χ0) is 24.5. The Labute approximate surface area is 209 Å². The molecule has 1 N–H and O–H groups in total. The molecule has 0 radical (unpaired) electrons. The Bertz CT molecular complexity index is 1610. The van der Waals surface area contributed by atoms with Crippen LogP contribution < -0.4 is 4.57 Å². The van der Waals surface area contributed by atoms with Gasteiger partial charge in [0.15, 0.2) is 11.0 Å². The number of hydrogen-bond donors (Lipinski definition) is 1. The molecule has 1 heterocycles. The second-order valence-corrected chi connectivity index (χ2v) is 9.33. The van der Waals surface area contributed by atoms with Gasteiger partial charge in [0.25, 0.3) is 5.82 Å². The number of imidazole rings is 1. The highest BCUT2D eigenvalue weighted by atomic mass is 16.4. The highest BCUT2D eigenvalue weighted by molar-refractivity contribution is 5.84. The largest absolute Gasteiger partial charge is 0.481 e. The zero-order valence-electron chi connectivity index (χ0n) is 20.0. The first-order chi connectivity index (χ1) is 17.7. The van der Waals surface area contributed by atoms with Gasteiger partial charge in [-0.25, -0.2) is 9.13 Å². The monoisotopic (exact) mass is 471 g/mol. The molecular weight excluding hydrogens is 444 g/mol. The predicted octanol–water partition coefficient (Wildman–Crippen LogP) is 6.35. The van der Waals surface area contributed by atoms with Crippen molar-refractivity contribution < 1.29 is 14.5 Å². The topological polar surface area (TPSA) is 46.1 Å². The number of carbonyl (C=O) groups is 1. The molecule has 6 aromatic rings. The minimum absolute atomic E-state index is 0.0891. The van der Waals surface area contributed by atoms with Crippen LogP contribution in [0, 0.1) is 0 Å². The Kier molecular flexibility index (Phi) is 5.70. The lowest BCUT2D eigenvalue weighted by Crippen LogP contribution is -2.39. The molecule has 6 rings (SSSR count). The molecule has 0 spiro atoms. The van der Waals surface area contributed by atoms with Crippen LogP contribution in [0.1, 0.15) is 23.4 Å². The lowest BCUT2D eigenvalue weighted by Gasteiger charge is -2.08. The van der Waals surface area contributed by atoms with Gasteiger partial charge in [0.2, 0.25) is 0 Å². The van der Waals surface area contributed by atoms with E-state index in [2.05, 4.69) is 118 Å². The van der Waals surface area contributed by atoms with E-state index in [1.165, 1.54) is 32.7 Å². The molecule has 4 nitrogen and oxygen atoms in total. The van der Waals surface area contributed by atoms with Gasteiger partial charge in [-0.05, 0) is 56.9 Å². The van der Waals surface area contributed by atoms with E-state index < -0.39 is 5.97 Å². The Morgan fingerprint density at radius 1 is 0.694 bits per heavy atom. The number of para-hydroxylation sites is 2. The molecule has 0 aliphatic heterocycles. The maximum atomic E-state index is 11.6. The Balaban J connectivity index is 1.47. The number of rotatable bonds is 7. The lowest BCUT2D eigenvalue weighted by molar-refractivity contribution is -0.671. The van der Waals surface area contributed by atoms with Crippen molar-refractivity contribution in [3.05, 3.63) is 126 Å². The highest BCUT2D eigenvalue weighted by Crippen LogP contribution is 2.22. The van der Waals surface area contributed by atoms with Crippen LogP contribution in [-0.4, -0.2) is 15.6 Å². The molecular formula is C32H27N2O2+. The molecule has 1 aromatic heterocycles. The number of nitrogens with zero attached hydrogens (tertiary/aromatic N) is 2. The van der Waals surface area contributed by atoms with Gasteiger partial charge < -0.3 is 5.11 Å². The third kappa shape index (κ3) is 4.22. The summed E-state index contributed by atoms with van der Waals surface area (Å²) in [6, 6.07) is 38.3. The predicted molar refractivity (Wildman–Crippen MR) is 144 cm³/mol. The average molecular weight is 472 g/mol. The summed E-state index contributed by atoms with van der Waals surface area (Å²) < 4.78 is 4.59. The highest BCUT2D eigenvalue weighted by Gasteiger charge is 2.26. The van der Waals surface area contributed by atoms with Crippen molar-refractivity contribution >= 4 is 38.5 Å². The number of benzene rings is 5. The van der Waals surface area contributed by atoms with Gasteiger partial charge in [0.1, 0.15) is 13.1 Å². The van der Waals surface area contributed by atoms with Gasteiger partial charge in [0.05, 0.1) is 12.8 Å². The second kappa shape index (κ2) is 9.31. The number of carboxylic acid groups (broad SMARTS) is 1. The molecule has 0 unspecified atom stereocenters. The van der Waals surface area contributed by atoms with Crippen molar-refractivity contribution in [2.24, 2.45) is 0 Å². The van der Waals surface area contributed by atoms with E-state index in [9.17, 15) is 9.90 Å². The van der Waals surface area contributed by atoms with Gasteiger partial charge in [-0.2, -0.15) is 0 Å². The molecule has 0 fully saturated rings. The van der Waals surface area contributed by atoms with Crippen molar-refractivity contribution in [3.63, 3.8) is 0 Å². The van der Waals surface area contributed by atoms with E-state index >= 15 is 0 Å². The van der Waals surface area contributed by atoms with Crippen LogP contribution in [0.3, 0.4) is 0 Å². The van der Waals surface area contributed by atoms with Gasteiger partial charge in [-0.1, -0.05) is 84.9 Å². The van der Waals surface area contributed by atoms with Crippen LogP contribution >= 0.6 is 0 Å². The summed E-state index contributed by atoms with van der Waals surface area (Å²) >= 11 is 0. The summed E-state index contributed by atoms with van der Waals surface area (Å²) in [7, 11) is 0. The van der Waals surface area contributed by atoms with Crippen LogP contribution in [0.15, 0.2) is 109 Å². The molecule has 4 heteroatoms. The van der Waals surface area contributed by atoms with E-state index in [0.717, 1.165) is 16.9 Å². The summed E-state index contributed by atoms with van der Waals surface area (Å²) in [5.41, 5.74) is 4.63. The first-order valence-corrected chi connectivity index (χ1v) is 12.3. The van der Waals surface area contributed by atoms with Gasteiger partial charge in [0, 0.05) is 0 Å². The SMILES string of the molecule is O=C(O)CCc1n(Cc2ccc3ccccc3c2)c2ccccc2[n+]1Cc1ccc2ccccc2c1. The van der Waals surface area contributed by atoms with Gasteiger partial charge in [-0.3, -0.25) is 4.79 Å². The quantitative estimate of drug-likeness (QED) is 0.276. The molecule has 176 valence electrons. The maximum Gasteiger partial charge on any atom is 0.303 e.